The summed E-state index contributed by atoms with van der Waals surface area (Å²) in [5.41, 5.74) is 2.18. The van der Waals surface area contributed by atoms with Crippen LogP contribution in [0.1, 0.15) is 11.1 Å². The third-order valence-electron chi connectivity index (χ3n) is 3.27. The van der Waals surface area contributed by atoms with E-state index in [1.54, 1.807) is 42.5 Å². The van der Waals surface area contributed by atoms with Crippen molar-refractivity contribution < 1.29 is 17.6 Å². The molecule has 2 N–H and O–H groups in total. The zero-order valence-electron chi connectivity index (χ0n) is 13.7. The number of sulfonamides is 1. The van der Waals surface area contributed by atoms with Crippen LogP contribution in [0, 0.1) is 5.82 Å². The molecule has 0 saturated heterocycles. The average Bonchev–Trinajstić information content (AvgIpc) is 2.55. The molecular weight excluding hydrogens is 343 g/mol. The summed E-state index contributed by atoms with van der Waals surface area (Å²) in [5.74, 6) is -0.520. The smallest absolute Gasteiger partial charge is 0.244 e. The molecule has 0 aromatic heterocycles. The van der Waals surface area contributed by atoms with Gasteiger partial charge in [0.15, 0.2) is 0 Å². The predicted octanol–water partition coefficient (Wildman–Crippen LogP) is 2.57. The van der Waals surface area contributed by atoms with Gasteiger partial charge in [0.2, 0.25) is 15.9 Å². The number of hydrogen-bond donors (Lipinski definition) is 2. The highest BCUT2D eigenvalue weighted by Gasteiger charge is 2.01. The summed E-state index contributed by atoms with van der Waals surface area (Å²) >= 11 is 0. The van der Waals surface area contributed by atoms with Gasteiger partial charge in [-0.25, -0.2) is 12.8 Å². The Labute approximate surface area is 146 Å². The van der Waals surface area contributed by atoms with Gasteiger partial charge in [0, 0.05) is 18.3 Å². The van der Waals surface area contributed by atoms with Crippen LogP contribution in [-0.2, 0) is 21.2 Å². The Morgan fingerprint density at radius 1 is 1.08 bits per heavy atom. The van der Waals surface area contributed by atoms with Gasteiger partial charge in [-0.3, -0.25) is 9.52 Å². The van der Waals surface area contributed by atoms with Gasteiger partial charge in [-0.1, -0.05) is 24.3 Å². The second kappa shape index (κ2) is 8.43. The minimum atomic E-state index is -3.30. The van der Waals surface area contributed by atoms with Gasteiger partial charge in [-0.2, -0.15) is 0 Å². The van der Waals surface area contributed by atoms with Crippen LogP contribution >= 0.6 is 0 Å². The normalized spacial score (nSPS) is 11.4. The lowest BCUT2D eigenvalue weighted by Gasteiger charge is -2.04. The maximum absolute atomic E-state index is 12.8. The first-order chi connectivity index (χ1) is 11.8. The van der Waals surface area contributed by atoms with Gasteiger partial charge in [-0.15, -0.1) is 0 Å². The minimum absolute atomic E-state index is 0.236. The van der Waals surface area contributed by atoms with E-state index >= 15 is 0 Å². The summed E-state index contributed by atoms with van der Waals surface area (Å²) in [7, 11) is -3.30. The van der Waals surface area contributed by atoms with Crippen LogP contribution in [0.3, 0.4) is 0 Å². The lowest BCUT2D eigenvalue weighted by Crippen LogP contribution is -2.23. The molecule has 1 amide bonds. The Morgan fingerprint density at radius 3 is 2.32 bits per heavy atom. The molecule has 0 aliphatic rings. The molecule has 0 aliphatic carbocycles. The van der Waals surface area contributed by atoms with Crippen molar-refractivity contribution >= 4 is 27.7 Å². The first-order valence-electron chi connectivity index (χ1n) is 7.60. The molecule has 2 aromatic rings. The van der Waals surface area contributed by atoms with Crippen molar-refractivity contribution in [3.63, 3.8) is 0 Å². The molecule has 2 rings (SSSR count). The Balaban J connectivity index is 1.80. The fourth-order valence-electron chi connectivity index (χ4n) is 2.09. The molecule has 0 unspecified atom stereocenters. The fraction of sp³-hybridized carbons (Fsp3) is 0.167. The highest BCUT2D eigenvalue weighted by Crippen LogP contribution is 2.11. The van der Waals surface area contributed by atoms with E-state index in [1.807, 2.05) is 0 Å². The first-order valence-corrected chi connectivity index (χ1v) is 9.49. The van der Waals surface area contributed by atoms with Gasteiger partial charge in [0.25, 0.3) is 0 Å². The summed E-state index contributed by atoms with van der Waals surface area (Å²) < 4.78 is 37.4. The fourth-order valence-corrected chi connectivity index (χ4v) is 2.65. The third kappa shape index (κ3) is 7.17. The summed E-state index contributed by atoms with van der Waals surface area (Å²) in [6.45, 7) is 0.450. The van der Waals surface area contributed by atoms with Crippen molar-refractivity contribution in [1.82, 2.24) is 5.32 Å². The predicted molar refractivity (Wildman–Crippen MR) is 97.1 cm³/mol. The van der Waals surface area contributed by atoms with Gasteiger partial charge >= 0.3 is 0 Å². The molecule has 0 saturated carbocycles. The van der Waals surface area contributed by atoms with Crippen molar-refractivity contribution in [2.45, 2.75) is 6.42 Å². The number of carbonyl (C=O) groups excluding carboxylic acids is 1. The Morgan fingerprint density at radius 2 is 1.72 bits per heavy atom. The standard InChI is InChI=1S/C18H19FN2O3S/c1-25(23,24)21-17-9-4-14(5-10-17)6-11-18(22)20-13-12-15-2-7-16(19)8-3-15/h2-11,21H,12-13H2,1H3,(H,20,22)/b11-6+. The monoisotopic (exact) mass is 362 g/mol. The number of carbonyl (C=O) groups is 1. The quantitative estimate of drug-likeness (QED) is 0.744. The lowest BCUT2D eigenvalue weighted by molar-refractivity contribution is -0.116. The van der Waals surface area contributed by atoms with Crippen LogP contribution in [-0.4, -0.2) is 27.1 Å². The number of nitrogens with one attached hydrogen (secondary N) is 2. The van der Waals surface area contributed by atoms with Gasteiger partial charge < -0.3 is 5.32 Å². The topological polar surface area (TPSA) is 75.3 Å². The molecular formula is C18H19FN2O3S. The van der Waals surface area contributed by atoms with Gasteiger partial charge in [-0.05, 0) is 47.9 Å². The van der Waals surface area contributed by atoms with E-state index in [0.717, 1.165) is 17.4 Å². The Bertz CT molecular complexity index is 845. The van der Waals surface area contributed by atoms with Gasteiger partial charge in [0.1, 0.15) is 5.82 Å². The Kier molecular flexibility index (Phi) is 6.30. The molecule has 0 atom stereocenters. The molecule has 0 spiro atoms. The number of hydrogen-bond acceptors (Lipinski definition) is 3. The van der Waals surface area contributed by atoms with Crippen molar-refractivity contribution in [2.75, 3.05) is 17.5 Å². The highest BCUT2D eigenvalue weighted by molar-refractivity contribution is 7.92. The molecule has 0 radical (unpaired) electrons. The summed E-state index contributed by atoms with van der Waals surface area (Å²) in [6, 6.07) is 12.8. The molecule has 0 aliphatic heterocycles. The van der Waals surface area contributed by atoms with Crippen molar-refractivity contribution in [2.24, 2.45) is 0 Å². The second-order valence-electron chi connectivity index (χ2n) is 5.50. The number of halogens is 1. The Hall–Kier alpha value is -2.67. The van der Waals surface area contributed by atoms with Crippen LogP contribution in [0.25, 0.3) is 6.08 Å². The zero-order valence-corrected chi connectivity index (χ0v) is 14.5. The third-order valence-corrected chi connectivity index (χ3v) is 3.87. The summed E-state index contributed by atoms with van der Waals surface area (Å²) in [4.78, 5) is 11.8. The lowest BCUT2D eigenvalue weighted by atomic mass is 10.1. The van der Waals surface area contributed by atoms with E-state index in [2.05, 4.69) is 10.0 Å². The van der Waals surface area contributed by atoms with E-state index in [9.17, 15) is 17.6 Å². The second-order valence-corrected chi connectivity index (χ2v) is 7.25. The number of rotatable bonds is 7. The molecule has 132 valence electrons. The minimum Gasteiger partial charge on any atom is -0.352 e. The van der Waals surface area contributed by atoms with E-state index in [-0.39, 0.29) is 11.7 Å². The van der Waals surface area contributed by atoms with Gasteiger partial charge in [0.05, 0.1) is 6.26 Å². The molecule has 5 nitrogen and oxygen atoms in total. The van der Waals surface area contributed by atoms with E-state index in [1.165, 1.54) is 18.2 Å². The van der Waals surface area contributed by atoms with Crippen molar-refractivity contribution in [3.05, 3.63) is 71.6 Å². The van der Waals surface area contributed by atoms with Crippen LogP contribution in [0.5, 0.6) is 0 Å². The van der Waals surface area contributed by atoms with Crippen molar-refractivity contribution in [1.29, 1.82) is 0 Å². The van der Waals surface area contributed by atoms with E-state index in [0.29, 0.717) is 18.7 Å². The van der Waals surface area contributed by atoms with Crippen LogP contribution in [0.4, 0.5) is 10.1 Å². The number of amides is 1. The molecule has 0 bridgehead atoms. The van der Waals surface area contributed by atoms with Crippen LogP contribution < -0.4 is 10.0 Å². The van der Waals surface area contributed by atoms with Crippen LogP contribution in [0.15, 0.2) is 54.6 Å². The van der Waals surface area contributed by atoms with Crippen LogP contribution in [0.2, 0.25) is 0 Å². The SMILES string of the molecule is CS(=O)(=O)Nc1ccc(/C=C/C(=O)NCCc2ccc(F)cc2)cc1. The zero-order chi connectivity index (χ0) is 18.3. The van der Waals surface area contributed by atoms with E-state index < -0.39 is 10.0 Å². The molecule has 0 fully saturated rings. The van der Waals surface area contributed by atoms with E-state index in [4.69, 9.17) is 0 Å². The first kappa shape index (κ1) is 18.7. The number of anilines is 1. The molecule has 0 heterocycles. The molecule has 25 heavy (non-hydrogen) atoms. The largest absolute Gasteiger partial charge is 0.352 e. The molecule has 2 aromatic carbocycles. The molecule has 7 heteroatoms. The highest BCUT2D eigenvalue weighted by atomic mass is 32.2. The summed E-state index contributed by atoms with van der Waals surface area (Å²) in [6.07, 6.45) is 4.74. The maximum atomic E-state index is 12.8. The summed E-state index contributed by atoms with van der Waals surface area (Å²) in [5, 5.41) is 2.75. The van der Waals surface area contributed by atoms with Crippen molar-refractivity contribution in [3.8, 4) is 0 Å². The number of benzene rings is 2. The average molecular weight is 362 g/mol. The maximum Gasteiger partial charge on any atom is 0.244 e.